The molecule has 14 heavy (non-hydrogen) atoms. The van der Waals surface area contributed by atoms with E-state index in [9.17, 15) is 0 Å². The lowest BCUT2D eigenvalue weighted by Crippen LogP contribution is -2.44. The Morgan fingerprint density at radius 1 is 1.21 bits per heavy atom. The zero-order valence-corrected chi connectivity index (χ0v) is 10.3. The van der Waals surface area contributed by atoms with Gasteiger partial charge in [-0.2, -0.15) is 0 Å². The fourth-order valence-corrected chi connectivity index (χ4v) is 2.40. The second-order valence-electron chi connectivity index (χ2n) is 4.99. The van der Waals surface area contributed by atoms with E-state index < -0.39 is 0 Å². The van der Waals surface area contributed by atoms with E-state index in [0.29, 0.717) is 5.41 Å². The molecule has 1 aliphatic rings. The normalized spacial score (nSPS) is 22.9. The molecule has 0 bridgehead atoms. The molecular weight excluding hydrogens is 172 g/mol. The molecule has 0 aromatic carbocycles. The Hall–Kier alpha value is -0.0800. The topological polar surface area (TPSA) is 6.48 Å². The molecule has 0 atom stereocenters. The van der Waals surface area contributed by atoms with Crippen molar-refractivity contribution < 1.29 is 0 Å². The maximum atomic E-state index is 2.47. The zero-order valence-electron chi connectivity index (χ0n) is 10.3. The molecule has 2 heteroatoms. The minimum atomic E-state index is 0.608. The SMILES string of the molecule is CCN(C)CC1(CC)CCN(C)CC1. The van der Waals surface area contributed by atoms with Crippen LogP contribution in [0.5, 0.6) is 0 Å². The zero-order chi connectivity index (χ0) is 10.6. The Balaban J connectivity index is 2.49. The maximum absolute atomic E-state index is 2.47. The lowest BCUT2D eigenvalue weighted by Gasteiger charge is -2.42. The Morgan fingerprint density at radius 3 is 2.21 bits per heavy atom. The molecule has 0 unspecified atom stereocenters. The largest absolute Gasteiger partial charge is 0.306 e. The summed E-state index contributed by atoms with van der Waals surface area (Å²) in [6, 6.07) is 0. The number of hydrogen-bond donors (Lipinski definition) is 0. The van der Waals surface area contributed by atoms with E-state index in [4.69, 9.17) is 0 Å². The standard InChI is InChI=1S/C12H26N2/c1-5-12(11-13(3)6-2)7-9-14(4)10-8-12/h5-11H2,1-4H3. The number of piperidine rings is 1. The molecule has 0 saturated carbocycles. The highest BCUT2D eigenvalue weighted by molar-refractivity contribution is 4.86. The van der Waals surface area contributed by atoms with Crippen LogP contribution in [-0.2, 0) is 0 Å². The van der Waals surface area contributed by atoms with E-state index >= 15 is 0 Å². The highest BCUT2D eigenvalue weighted by atomic mass is 15.1. The van der Waals surface area contributed by atoms with Crippen LogP contribution in [0.25, 0.3) is 0 Å². The van der Waals surface area contributed by atoms with Gasteiger partial charge < -0.3 is 9.80 Å². The number of nitrogens with zero attached hydrogens (tertiary/aromatic N) is 2. The molecule has 2 nitrogen and oxygen atoms in total. The first kappa shape index (κ1) is 12.0. The smallest absolute Gasteiger partial charge is 0.00357 e. The third kappa shape index (κ3) is 2.96. The molecule has 1 saturated heterocycles. The van der Waals surface area contributed by atoms with Gasteiger partial charge in [-0.15, -0.1) is 0 Å². The van der Waals surface area contributed by atoms with Crippen LogP contribution in [0.1, 0.15) is 33.1 Å². The summed E-state index contributed by atoms with van der Waals surface area (Å²) in [5.41, 5.74) is 0.608. The van der Waals surface area contributed by atoms with Gasteiger partial charge in [0.05, 0.1) is 0 Å². The van der Waals surface area contributed by atoms with Crippen LogP contribution < -0.4 is 0 Å². The summed E-state index contributed by atoms with van der Waals surface area (Å²) in [7, 11) is 4.48. The average Bonchev–Trinajstić information content (AvgIpc) is 2.22. The monoisotopic (exact) mass is 198 g/mol. The van der Waals surface area contributed by atoms with E-state index in [1.165, 1.54) is 45.4 Å². The van der Waals surface area contributed by atoms with Gasteiger partial charge in [0.25, 0.3) is 0 Å². The van der Waals surface area contributed by atoms with Gasteiger partial charge in [-0.05, 0) is 58.4 Å². The van der Waals surface area contributed by atoms with Gasteiger partial charge in [-0.1, -0.05) is 13.8 Å². The predicted molar refractivity (Wildman–Crippen MR) is 62.6 cm³/mol. The quantitative estimate of drug-likeness (QED) is 0.682. The first-order chi connectivity index (χ1) is 6.62. The van der Waals surface area contributed by atoms with Crippen molar-refractivity contribution in [2.24, 2.45) is 5.41 Å². The van der Waals surface area contributed by atoms with Crippen LogP contribution in [-0.4, -0.2) is 50.1 Å². The Kier molecular flexibility index (Phi) is 4.39. The van der Waals surface area contributed by atoms with E-state index in [1.807, 2.05) is 0 Å². The predicted octanol–water partition coefficient (Wildman–Crippen LogP) is 2.06. The summed E-state index contributed by atoms with van der Waals surface area (Å²) >= 11 is 0. The molecule has 0 N–H and O–H groups in total. The van der Waals surface area contributed by atoms with Crippen molar-refractivity contribution in [1.82, 2.24) is 9.80 Å². The summed E-state index contributed by atoms with van der Waals surface area (Å²) in [6.07, 6.45) is 4.10. The van der Waals surface area contributed by atoms with Crippen molar-refractivity contribution in [2.45, 2.75) is 33.1 Å². The van der Waals surface area contributed by atoms with Crippen molar-refractivity contribution in [3.8, 4) is 0 Å². The molecule has 0 aliphatic carbocycles. The van der Waals surface area contributed by atoms with Crippen LogP contribution in [0.3, 0.4) is 0 Å². The maximum Gasteiger partial charge on any atom is 0.00357 e. The summed E-state index contributed by atoms with van der Waals surface area (Å²) in [4.78, 5) is 4.93. The van der Waals surface area contributed by atoms with Crippen molar-refractivity contribution in [3.05, 3.63) is 0 Å². The van der Waals surface area contributed by atoms with Gasteiger partial charge in [-0.3, -0.25) is 0 Å². The number of likely N-dealkylation sites (tertiary alicyclic amines) is 1. The molecule has 84 valence electrons. The van der Waals surface area contributed by atoms with Gasteiger partial charge in [-0.25, -0.2) is 0 Å². The summed E-state index contributed by atoms with van der Waals surface area (Å²) < 4.78 is 0. The second kappa shape index (κ2) is 5.13. The Labute approximate surface area is 89.3 Å². The van der Waals surface area contributed by atoms with Crippen molar-refractivity contribution in [2.75, 3.05) is 40.3 Å². The molecule has 0 aromatic heterocycles. The summed E-state index contributed by atoms with van der Waals surface area (Å²) in [5, 5.41) is 0. The van der Waals surface area contributed by atoms with Crippen LogP contribution in [0.2, 0.25) is 0 Å². The van der Waals surface area contributed by atoms with Crippen LogP contribution in [0.4, 0.5) is 0 Å². The van der Waals surface area contributed by atoms with Gasteiger partial charge >= 0.3 is 0 Å². The molecule has 1 aliphatic heterocycles. The number of hydrogen-bond acceptors (Lipinski definition) is 2. The molecule has 0 aromatic rings. The van der Waals surface area contributed by atoms with Crippen LogP contribution in [0, 0.1) is 5.41 Å². The van der Waals surface area contributed by atoms with Crippen LogP contribution in [0.15, 0.2) is 0 Å². The van der Waals surface area contributed by atoms with E-state index in [-0.39, 0.29) is 0 Å². The first-order valence-electron chi connectivity index (χ1n) is 5.99. The molecule has 1 fully saturated rings. The first-order valence-corrected chi connectivity index (χ1v) is 5.99. The third-order valence-electron chi connectivity index (χ3n) is 3.94. The molecular formula is C12H26N2. The molecule has 0 amide bonds. The highest BCUT2D eigenvalue weighted by Crippen LogP contribution is 2.34. The fourth-order valence-electron chi connectivity index (χ4n) is 2.40. The minimum Gasteiger partial charge on any atom is -0.306 e. The van der Waals surface area contributed by atoms with Crippen LogP contribution >= 0.6 is 0 Å². The lowest BCUT2D eigenvalue weighted by atomic mass is 9.76. The van der Waals surface area contributed by atoms with Gasteiger partial charge in [0.2, 0.25) is 0 Å². The second-order valence-corrected chi connectivity index (χ2v) is 4.99. The highest BCUT2D eigenvalue weighted by Gasteiger charge is 2.32. The van der Waals surface area contributed by atoms with Crippen molar-refractivity contribution in [1.29, 1.82) is 0 Å². The molecule has 1 rings (SSSR count). The Morgan fingerprint density at radius 2 is 1.79 bits per heavy atom. The minimum absolute atomic E-state index is 0.608. The van der Waals surface area contributed by atoms with E-state index in [2.05, 4.69) is 37.7 Å². The number of rotatable bonds is 4. The van der Waals surface area contributed by atoms with Gasteiger partial charge in [0, 0.05) is 6.54 Å². The van der Waals surface area contributed by atoms with E-state index in [1.54, 1.807) is 0 Å². The average molecular weight is 198 g/mol. The Bertz CT molecular complexity index is 160. The molecule has 0 radical (unpaired) electrons. The summed E-state index contributed by atoms with van der Waals surface area (Å²) in [5.74, 6) is 0. The van der Waals surface area contributed by atoms with Gasteiger partial charge in [0.1, 0.15) is 0 Å². The molecule has 1 heterocycles. The fraction of sp³-hybridized carbons (Fsp3) is 1.00. The van der Waals surface area contributed by atoms with Crippen molar-refractivity contribution >= 4 is 0 Å². The van der Waals surface area contributed by atoms with E-state index in [0.717, 1.165) is 0 Å². The third-order valence-corrected chi connectivity index (χ3v) is 3.94. The van der Waals surface area contributed by atoms with Crippen molar-refractivity contribution in [3.63, 3.8) is 0 Å². The molecule has 0 spiro atoms. The van der Waals surface area contributed by atoms with Gasteiger partial charge in [0.15, 0.2) is 0 Å². The lowest BCUT2D eigenvalue weighted by molar-refractivity contribution is 0.0795. The summed E-state index contributed by atoms with van der Waals surface area (Å²) in [6.45, 7) is 9.63.